The Balaban J connectivity index is 1.51. The quantitative estimate of drug-likeness (QED) is 0.233. The molecule has 4 aromatic rings. The van der Waals surface area contributed by atoms with Crippen molar-refractivity contribution in [3.05, 3.63) is 76.3 Å². The number of aromatic nitrogens is 1. The zero-order valence-corrected chi connectivity index (χ0v) is 18.4. The van der Waals surface area contributed by atoms with Crippen LogP contribution in [-0.4, -0.2) is 46.8 Å². The van der Waals surface area contributed by atoms with Crippen molar-refractivity contribution in [2.75, 3.05) is 13.1 Å². The third-order valence-electron chi connectivity index (χ3n) is 5.88. The van der Waals surface area contributed by atoms with Crippen LogP contribution >= 0.6 is 0 Å². The molecule has 4 amide bonds. The van der Waals surface area contributed by atoms with Gasteiger partial charge in [0.1, 0.15) is 5.75 Å². The van der Waals surface area contributed by atoms with Gasteiger partial charge in [-0.15, -0.1) is 0 Å². The van der Waals surface area contributed by atoms with E-state index in [9.17, 15) is 24.3 Å². The maximum absolute atomic E-state index is 13.2. The number of carbonyl (C=O) groups is 4. The molecule has 1 aromatic heterocycles. The number of amides is 4. The average Bonchev–Trinajstić information content (AvgIpc) is 3.36. The van der Waals surface area contributed by atoms with Crippen molar-refractivity contribution in [1.82, 2.24) is 20.9 Å². The summed E-state index contributed by atoms with van der Waals surface area (Å²) in [6, 6.07) is 12.8. The summed E-state index contributed by atoms with van der Waals surface area (Å²) in [7, 11) is 0. The van der Waals surface area contributed by atoms with Gasteiger partial charge in [0.2, 0.25) is 0 Å². The highest BCUT2D eigenvalue weighted by atomic mass is 16.3. The lowest BCUT2D eigenvalue weighted by Gasteiger charge is -2.10. The van der Waals surface area contributed by atoms with Crippen molar-refractivity contribution in [2.45, 2.75) is 6.54 Å². The number of rotatable bonds is 6. The molecule has 1 aliphatic rings. The average molecular weight is 471 g/mol. The van der Waals surface area contributed by atoms with E-state index >= 15 is 0 Å². The van der Waals surface area contributed by atoms with Crippen LogP contribution < -0.4 is 21.7 Å². The predicted octanol–water partition coefficient (Wildman–Crippen LogP) is 1.53. The number of aromatic amines is 1. The minimum absolute atomic E-state index is 0.0119. The van der Waals surface area contributed by atoms with Gasteiger partial charge in [-0.2, -0.15) is 0 Å². The van der Waals surface area contributed by atoms with Crippen LogP contribution in [0.3, 0.4) is 0 Å². The largest absolute Gasteiger partial charge is 0.508 e. The zero-order valence-electron chi connectivity index (χ0n) is 18.4. The third kappa shape index (κ3) is 3.85. The summed E-state index contributed by atoms with van der Waals surface area (Å²) in [5.74, 6) is -1.90. The van der Waals surface area contributed by atoms with Crippen LogP contribution in [0.25, 0.3) is 21.8 Å². The number of carbonyl (C=O) groups excluding carboxylic acids is 4. The minimum Gasteiger partial charge on any atom is -0.508 e. The molecule has 35 heavy (non-hydrogen) atoms. The number of phenols is 1. The molecule has 2 heterocycles. The van der Waals surface area contributed by atoms with Crippen LogP contribution in [0.1, 0.15) is 47.0 Å². The first-order chi connectivity index (χ1) is 16.9. The highest BCUT2D eigenvalue weighted by Crippen LogP contribution is 2.36. The Morgan fingerprint density at radius 3 is 2.60 bits per heavy atom. The molecule has 3 aromatic carbocycles. The Bertz CT molecular complexity index is 1560. The van der Waals surface area contributed by atoms with Gasteiger partial charge in [0.15, 0.2) is 0 Å². The summed E-state index contributed by atoms with van der Waals surface area (Å²) in [6.45, 7) is 0.807. The molecule has 0 radical (unpaired) electrons. The van der Waals surface area contributed by atoms with Crippen LogP contribution in [0.15, 0.2) is 48.5 Å². The number of hydrogen-bond donors (Lipinski definition) is 6. The van der Waals surface area contributed by atoms with Crippen LogP contribution in [0.2, 0.25) is 0 Å². The van der Waals surface area contributed by atoms with E-state index in [1.165, 1.54) is 18.2 Å². The van der Waals surface area contributed by atoms with Crippen molar-refractivity contribution in [2.24, 2.45) is 5.73 Å². The molecule has 7 N–H and O–H groups in total. The summed E-state index contributed by atoms with van der Waals surface area (Å²) in [5, 5.41) is 18.7. The normalized spacial score (nSPS) is 12.6. The molecule has 5 rings (SSSR count). The number of nitrogens with two attached hydrogens (primary N) is 1. The molecule has 0 unspecified atom stereocenters. The van der Waals surface area contributed by atoms with Gasteiger partial charge in [0.25, 0.3) is 23.6 Å². The number of fused-ring (bicyclic) bond motifs is 5. The first-order valence-electron chi connectivity index (χ1n) is 10.9. The van der Waals surface area contributed by atoms with Gasteiger partial charge in [-0.3, -0.25) is 24.5 Å². The second-order valence-corrected chi connectivity index (χ2v) is 8.16. The topological polar surface area (TPSA) is 166 Å². The Morgan fingerprint density at radius 2 is 1.80 bits per heavy atom. The molecule has 10 heteroatoms. The summed E-state index contributed by atoms with van der Waals surface area (Å²) >= 11 is 0. The van der Waals surface area contributed by atoms with Gasteiger partial charge in [0.05, 0.1) is 22.2 Å². The SMILES string of the molecule is NCCNC(=O)c1cccc(CNC(=O)c2cc3c(c4c2[nH]c2ccc(O)cc24)C(=O)NC3=O)c1. The van der Waals surface area contributed by atoms with Crippen molar-refractivity contribution in [1.29, 1.82) is 0 Å². The lowest BCUT2D eigenvalue weighted by molar-refractivity contribution is 0.0877. The van der Waals surface area contributed by atoms with Crippen LogP contribution in [-0.2, 0) is 6.54 Å². The van der Waals surface area contributed by atoms with Crippen LogP contribution in [0.4, 0.5) is 0 Å². The van der Waals surface area contributed by atoms with Gasteiger partial charge < -0.3 is 26.5 Å². The predicted molar refractivity (Wildman–Crippen MR) is 128 cm³/mol. The van der Waals surface area contributed by atoms with E-state index in [0.29, 0.717) is 46.0 Å². The number of imide groups is 1. The molecule has 0 atom stereocenters. The molecule has 0 saturated heterocycles. The number of nitrogens with one attached hydrogen (secondary N) is 4. The lowest BCUT2D eigenvalue weighted by atomic mass is 9.97. The summed E-state index contributed by atoms with van der Waals surface area (Å²) in [5.41, 5.74) is 7.97. The van der Waals surface area contributed by atoms with Gasteiger partial charge in [0, 0.05) is 41.5 Å². The van der Waals surface area contributed by atoms with Gasteiger partial charge >= 0.3 is 0 Å². The Kier molecular flexibility index (Phi) is 5.42. The molecule has 0 bridgehead atoms. The molecule has 0 fully saturated rings. The fourth-order valence-corrected chi connectivity index (χ4v) is 4.28. The number of phenolic OH excluding ortho intramolecular Hbond substituents is 1. The number of aromatic hydroxyl groups is 1. The molecular formula is C25H21N5O5. The van der Waals surface area contributed by atoms with E-state index in [1.54, 1.807) is 30.3 Å². The molecule has 0 saturated carbocycles. The van der Waals surface area contributed by atoms with Crippen LogP contribution in [0.5, 0.6) is 5.75 Å². The molecule has 10 nitrogen and oxygen atoms in total. The van der Waals surface area contributed by atoms with Gasteiger partial charge in [-0.25, -0.2) is 0 Å². The second kappa shape index (κ2) is 8.58. The van der Waals surface area contributed by atoms with Crippen molar-refractivity contribution in [3.8, 4) is 5.75 Å². The van der Waals surface area contributed by atoms with E-state index in [2.05, 4.69) is 20.9 Å². The number of H-pyrrole nitrogens is 1. The smallest absolute Gasteiger partial charge is 0.259 e. The van der Waals surface area contributed by atoms with E-state index < -0.39 is 17.7 Å². The van der Waals surface area contributed by atoms with Crippen molar-refractivity contribution in [3.63, 3.8) is 0 Å². The lowest BCUT2D eigenvalue weighted by Crippen LogP contribution is -2.29. The maximum Gasteiger partial charge on any atom is 0.259 e. The highest BCUT2D eigenvalue weighted by molar-refractivity contribution is 6.32. The third-order valence-corrected chi connectivity index (χ3v) is 5.88. The molecular weight excluding hydrogens is 450 g/mol. The Morgan fingerprint density at radius 1 is 0.971 bits per heavy atom. The molecule has 0 spiro atoms. The fourth-order valence-electron chi connectivity index (χ4n) is 4.28. The number of hydrogen-bond acceptors (Lipinski definition) is 6. The standard InChI is InChI=1S/C25H21N5O5/c26-6-7-27-22(32)13-3-1-2-12(8-13)11-28-23(33)17-10-16-20(25(35)30-24(16)34)19-15-9-14(31)4-5-18(15)29-21(17)19/h1-5,8-10,29,31H,6-7,11,26H2,(H,27,32)(H,28,33)(H,30,34,35). The first kappa shape index (κ1) is 22.1. The van der Waals surface area contributed by atoms with E-state index in [1.807, 2.05) is 0 Å². The zero-order chi connectivity index (χ0) is 24.7. The maximum atomic E-state index is 13.2. The minimum atomic E-state index is -0.591. The van der Waals surface area contributed by atoms with E-state index in [-0.39, 0.29) is 34.9 Å². The first-order valence-corrected chi connectivity index (χ1v) is 10.9. The molecule has 0 aliphatic carbocycles. The fraction of sp³-hybridized carbons (Fsp3) is 0.120. The monoisotopic (exact) mass is 471 g/mol. The number of benzene rings is 3. The van der Waals surface area contributed by atoms with Crippen molar-refractivity contribution < 1.29 is 24.3 Å². The summed E-state index contributed by atoms with van der Waals surface area (Å²) < 4.78 is 0. The van der Waals surface area contributed by atoms with Gasteiger partial charge in [-0.1, -0.05) is 12.1 Å². The van der Waals surface area contributed by atoms with Gasteiger partial charge in [-0.05, 0) is 42.0 Å². The van der Waals surface area contributed by atoms with E-state index in [0.717, 1.165) is 0 Å². The summed E-state index contributed by atoms with van der Waals surface area (Å²) in [4.78, 5) is 53.5. The van der Waals surface area contributed by atoms with Crippen molar-refractivity contribution >= 4 is 45.4 Å². The highest BCUT2D eigenvalue weighted by Gasteiger charge is 2.33. The summed E-state index contributed by atoms with van der Waals surface area (Å²) in [6.07, 6.45) is 0. The molecule has 176 valence electrons. The van der Waals surface area contributed by atoms with Crippen LogP contribution in [0, 0.1) is 0 Å². The van der Waals surface area contributed by atoms with E-state index in [4.69, 9.17) is 5.73 Å². The molecule has 1 aliphatic heterocycles. The second-order valence-electron chi connectivity index (χ2n) is 8.16. The Labute approximate surface area is 198 Å². The Hall–Kier alpha value is -4.70.